The highest BCUT2D eigenvalue weighted by atomic mass is 16.6. The molecule has 1 heterocycles. The minimum absolute atomic E-state index is 0.0493. The van der Waals surface area contributed by atoms with Gasteiger partial charge in [-0.15, -0.1) is 0 Å². The second-order valence-electron chi connectivity index (χ2n) is 6.01. The minimum Gasteiger partial charge on any atom is -0.444 e. The first kappa shape index (κ1) is 15.5. The molecule has 1 rings (SSSR count). The van der Waals surface area contributed by atoms with Gasteiger partial charge in [0.05, 0.1) is 0 Å². The number of rotatable bonds is 2. The first-order valence-electron chi connectivity index (χ1n) is 6.64. The van der Waals surface area contributed by atoms with Crippen molar-refractivity contribution in [1.82, 2.24) is 10.2 Å². The van der Waals surface area contributed by atoms with E-state index in [9.17, 15) is 9.59 Å². The number of ether oxygens (including phenoxy) is 1. The van der Waals surface area contributed by atoms with Crippen molar-refractivity contribution in [3.63, 3.8) is 0 Å². The summed E-state index contributed by atoms with van der Waals surface area (Å²) in [5.41, 5.74) is -0.500. The SMILES string of the molecule is C=CC(=O)N[C@H]1CN(C(=O)OC(C)(C)C)CC[C@H]1C. The van der Waals surface area contributed by atoms with Crippen molar-refractivity contribution in [2.45, 2.75) is 45.8 Å². The number of piperidine rings is 1. The van der Waals surface area contributed by atoms with Crippen molar-refractivity contribution in [3.05, 3.63) is 12.7 Å². The van der Waals surface area contributed by atoms with Crippen LogP contribution in [-0.4, -0.2) is 41.6 Å². The molecule has 2 atom stereocenters. The normalized spacial score (nSPS) is 23.7. The topological polar surface area (TPSA) is 58.6 Å². The zero-order valence-electron chi connectivity index (χ0n) is 12.2. The molecule has 5 nitrogen and oxygen atoms in total. The van der Waals surface area contributed by atoms with Crippen LogP contribution in [0, 0.1) is 5.92 Å². The van der Waals surface area contributed by atoms with Crippen LogP contribution in [0.15, 0.2) is 12.7 Å². The second-order valence-corrected chi connectivity index (χ2v) is 6.01. The summed E-state index contributed by atoms with van der Waals surface area (Å²) in [6.45, 7) is 12.2. The summed E-state index contributed by atoms with van der Waals surface area (Å²) in [6.07, 6.45) is 1.78. The lowest BCUT2D eigenvalue weighted by Gasteiger charge is -2.37. The summed E-state index contributed by atoms with van der Waals surface area (Å²) < 4.78 is 5.35. The van der Waals surface area contributed by atoms with E-state index in [2.05, 4.69) is 18.8 Å². The van der Waals surface area contributed by atoms with E-state index in [1.54, 1.807) is 4.90 Å². The fourth-order valence-electron chi connectivity index (χ4n) is 1.99. The number of nitrogens with zero attached hydrogens (tertiary/aromatic N) is 1. The molecule has 19 heavy (non-hydrogen) atoms. The molecule has 0 bridgehead atoms. The van der Waals surface area contributed by atoms with Crippen LogP contribution in [0.3, 0.4) is 0 Å². The van der Waals surface area contributed by atoms with Gasteiger partial charge in [-0.1, -0.05) is 13.5 Å². The van der Waals surface area contributed by atoms with Crippen LogP contribution in [-0.2, 0) is 9.53 Å². The standard InChI is InChI=1S/C14H24N2O3/c1-6-12(17)15-11-9-16(8-7-10(11)2)13(18)19-14(3,4)5/h6,10-11H,1,7-9H2,2-5H3,(H,15,17)/t10-,11+/m1/s1. The van der Waals surface area contributed by atoms with Crippen molar-refractivity contribution in [2.75, 3.05) is 13.1 Å². The van der Waals surface area contributed by atoms with Gasteiger partial charge < -0.3 is 15.0 Å². The fourth-order valence-corrected chi connectivity index (χ4v) is 1.99. The molecule has 0 aromatic carbocycles. The smallest absolute Gasteiger partial charge is 0.410 e. The number of carbonyl (C=O) groups excluding carboxylic acids is 2. The molecular weight excluding hydrogens is 244 g/mol. The van der Waals surface area contributed by atoms with Gasteiger partial charge >= 0.3 is 6.09 Å². The van der Waals surface area contributed by atoms with Crippen LogP contribution in [0.1, 0.15) is 34.1 Å². The molecule has 5 heteroatoms. The summed E-state index contributed by atoms with van der Waals surface area (Å²) in [5, 5.41) is 2.86. The van der Waals surface area contributed by atoms with Crippen LogP contribution >= 0.6 is 0 Å². The number of hydrogen-bond acceptors (Lipinski definition) is 3. The first-order valence-corrected chi connectivity index (χ1v) is 6.64. The zero-order chi connectivity index (χ0) is 14.6. The van der Waals surface area contributed by atoms with Crippen molar-refractivity contribution in [3.8, 4) is 0 Å². The number of likely N-dealkylation sites (tertiary alicyclic amines) is 1. The average molecular weight is 268 g/mol. The van der Waals surface area contributed by atoms with E-state index in [1.165, 1.54) is 6.08 Å². The number of carbonyl (C=O) groups is 2. The van der Waals surface area contributed by atoms with Crippen LogP contribution in [0.5, 0.6) is 0 Å². The van der Waals surface area contributed by atoms with Gasteiger partial charge in [-0.3, -0.25) is 4.79 Å². The fraction of sp³-hybridized carbons (Fsp3) is 0.714. The van der Waals surface area contributed by atoms with Gasteiger partial charge in [0, 0.05) is 19.1 Å². The molecule has 0 spiro atoms. The Morgan fingerprint density at radius 1 is 1.42 bits per heavy atom. The number of hydrogen-bond donors (Lipinski definition) is 1. The molecular formula is C14H24N2O3. The average Bonchev–Trinajstić information content (AvgIpc) is 2.29. The maximum absolute atomic E-state index is 12.0. The van der Waals surface area contributed by atoms with E-state index in [-0.39, 0.29) is 18.0 Å². The van der Waals surface area contributed by atoms with Crippen molar-refractivity contribution in [1.29, 1.82) is 0 Å². The third-order valence-electron chi connectivity index (χ3n) is 3.12. The molecule has 1 aliphatic heterocycles. The summed E-state index contributed by atoms with van der Waals surface area (Å²) >= 11 is 0. The molecule has 108 valence electrons. The van der Waals surface area contributed by atoms with Gasteiger partial charge in [-0.05, 0) is 39.2 Å². The van der Waals surface area contributed by atoms with Crippen LogP contribution in [0.25, 0.3) is 0 Å². The third kappa shape index (κ3) is 4.93. The van der Waals surface area contributed by atoms with E-state index >= 15 is 0 Å². The lowest BCUT2D eigenvalue weighted by Crippen LogP contribution is -2.53. The molecule has 0 aromatic heterocycles. The lowest BCUT2D eigenvalue weighted by molar-refractivity contribution is -0.118. The second kappa shape index (κ2) is 6.08. The van der Waals surface area contributed by atoms with Gasteiger partial charge in [-0.2, -0.15) is 0 Å². The molecule has 0 unspecified atom stereocenters. The van der Waals surface area contributed by atoms with Gasteiger partial charge in [0.15, 0.2) is 0 Å². The molecule has 0 saturated carbocycles. The Balaban J connectivity index is 2.61. The Kier molecular flexibility index (Phi) is 4.97. The van der Waals surface area contributed by atoms with Crippen LogP contribution in [0.2, 0.25) is 0 Å². The quantitative estimate of drug-likeness (QED) is 0.779. The molecule has 0 aliphatic carbocycles. The zero-order valence-corrected chi connectivity index (χ0v) is 12.2. The molecule has 0 aromatic rings. The number of nitrogens with one attached hydrogen (secondary N) is 1. The first-order chi connectivity index (χ1) is 8.73. The maximum Gasteiger partial charge on any atom is 0.410 e. The molecule has 1 fully saturated rings. The van der Waals surface area contributed by atoms with E-state index in [4.69, 9.17) is 4.74 Å². The van der Waals surface area contributed by atoms with Gasteiger partial charge in [0.25, 0.3) is 0 Å². The predicted octanol–water partition coefficient (Wildman–Crippen LogP) is 1.93. The Morgan fingerprint density at radius 3 is 2.58 bits per heavy atom. The minimum atomic E-state index is -0.500. The summed E-state index contributed by atoms with van der Waals surface area (Å²) in [5.74, 6) is 0.130. The summed E-state index contributed by atoms with van der Waals surface area (Å²) in [6, 6.07) is -0.0493. The van der Waals surface area contributed by atoms with Crippen molar-refractivity contribution in [2.24, 2.45) is 5.92 Å². The van der Waals surface area contributed by atoms with E-state index < -0.39 is 5.60 Å². The molecule has 1 N–H and O–H groups in total. The Hall–Kier alpha value is -1.52. The highest BCUT2D eigenvalue weighted by molar-refractivity contribution is 5.87. The Labute approximate surface area is 115 Å². The molecule has 2 amide bonds. The lowest BCUT2D eigenvalue weighted by atomic mass is 9.93. The van der Waals surface area contributed by atoms with Crippen LogP contribution < -0.4 is 5.32 Å². The predicted molar refractivity (Wildman–Crippen MR) is 73.7 cm³/mol. The molecule has 1 saturated heterocycles. The highest BCUT2D eigenvalue weighted by Crippen LogP contribution is 2.19. The van der Waals surface area contributed by atoms with Gasteiger partial charge in [-0.25, -0.2) is 4.79 Å². The van der Waals surface area contributed by atoms with E-state index in [1.807, 2.05) is 20.8 Å². The maximum atomic E-state index is 12.0. The van der Waals surface area contributed by atoms with Crippen molar-refractivity contribution < 1.29 is 14.3 Å². The van der Waals surface area contributed by atoms with Crippen molar-refractivity contribution >= 4 is 12.0 Å². The molecule has 1 aliphatic rings. The highest BCUT2D eigenvalue weighted by Gasteiger charge is 2.31. The van der Waals surface area contributed by atoms with Gasteiger partial charge in [0.1, 0.15) is 5.60 Å². The van der Waals surface area contributed by atoms with Crippen LogP contribution in [0.4, 0.5) is 4.79 Å². The monoisotopic (exact) mass is 268 g/mol. The number of amides is 2. The summed E-state index contributed by atoms with van der Waals surface area (Å²) in [4.78, 5) is 25.0. The van der Waals surface area contributed by atoms with Gasteiger partial charge in [0.2, 0.25) is 5.91 Å². The van der Waals surface area contributed by atoms with E-state index in [0.717, 1.165) is 6.42 Å². The Morgan fingerprint density at radius 2 is 2.05 bits per heavy atom. The summed E-state index contributed by atoms with van der Waals surface area (Å²) in [7, 11) is 0. The molecule has 0 radical (unpaired) electrons. The van der Waals surface area contributed by atoms with E-state index in [0.29, 0.717) is 19.0 Å². The third-order valence-corrected chi connectivity index (χ3v) is 3.12. The largest absolute Gasteiger partial charge is 0.444 e. The Bertz CT molecular complexity index is 360.